The van der Waals surface area contributed by atoms with Crippen molar-refractivity contribution in [2.45, 2.75) is 33.0 Å². The van der Waals surface area contributed by atoms with Gasteiger partial charge in [0.1, 0.15) is 5.82 Å². The van der Waals surface area contributed by atoms with Gasteiger partial charge < -0.3 is 14.6 Å². The zero-order valence-corrected chi connectivity index (χ0v) is 22.5. The molecular weight excluding hydrogens is 527 g/mol. The number of morpholine rings is 1. The number of carbonyl (C=O) groups excluding carboxylic acids is 2. The van der Waals surface area contributed by atoms with Gasteiger partial charge in [-0.2, -0.15) is 0 Å². The van der Waals surface area contributed by atoms with E-state index < -0.39 is 0 Å². The number of hydrogen-bond donors (Lipinski definition) is 1. The summed E-state index contributed by atoms with van der Waals surface area (Å²) in [6.07, 6.45) is 3.17. The number of nitrogens with one attached hydrogen (secondary N) is 1. The third-order valence-electron chi connectivity index (χ3n) is 8.25. The molecule has 2 amide bonds. The number of imide groups is 1. The van der Waals surface area contributed by atoms with Crippen LogP contribution in [0.4, 0.5) is 4.39 Å². The van der Waals surface area contributed by atoms with Crippen LogP contribution in [0.2, 0.25) is 5.02 Å². The van der Waals surface area contributed by atoms with Crippen molar-refractivity contribution in [3.63, 3.8) is 0 Å². The standard InChI is InChI=1S/C28H26ClFN4O3S/c1-28(2)22-23(28)27(36)34(26(22)35)12-16-9-21-25(38-16)17(3-4-32-21)18-7-14(29)8-19-20(30)13-33(24(18)19)11-15-10-31-5-6-37-15/h3-4,7-9,13,15,22-23,31H,5-6,10-12H2,1-2H3/t15-,22?,23?/m1/s1. The van der Waals surface area contributed by atoms with Crippen LogP contribution in [-0.4, -0.2) is 52.1 Å². The zero-order valence-electron chi connectivity index (χ0n) is 21.0. The molecule has 1 aromatic carbocycles. The number of thiophene rings is 1. The predicted octanol–water partition coefficient (Wildman–Crippen LogP) is 4.84. The first-order valence-electron chi connectivity index (χ1n) is 12.8. The fourth-order valence-electron chi connectivity index (χ4n) is 6.26. The van der Waals surface area contributed by atoms with Crippen molar-refractivity contribution in [3.05, 3.63) is 52.4 Å². The molecule has 7 nitrogen and oxygen atoms in total. The molecule has 38 heavy (non-hydrogen) atoms. The third-order valence-corrected chi connectivity index (χ3v) is 9.61. The number of aromatic nitrogens is 2. The van der Waals surface area contributed by atoms with Crippen molar-refractivity contribution in [2.75, 3.05) is 19.7 Å². The van der Waals surface area contributed by atoms with E-state index in [4.69, 9.17) is 16.3 Å². The van der Waals surface area contributed by atoms with E-state index in [0.717, 1.165) is 38.3 Å². The lowest BCUT2D eigenvalue weighted by molar-refractivity contribution is -0.143. The van der Waals surface area contributed by atoms with Gasteiger partial charge in [-0.15, -0.1) is 11.3 Å². The zero-order chi connectivity index (χ0) is 26.3. The second-order valence-corrected chi connectivity index (χ2v) is 12.6. The number of fused-ring (bicyclic) bond motifs is 3. The summed E-state index contributed by atoms with van der Waals surface area (Å²) >= 11 is 7.98. The summed E-state index contributed by atoms with van der Waals surface area (Å²) in [6, 6.07) is 7.35. The number of amides is 2. The van der Waals surface area contributed by atoms with Crippen molar-refractivity contribution in [1.82, 2.24) is 19.8 Å². The molecule has 0 bridgehead atoms. The molecule has 5 heterocycles. The number of ether oxygens (including phenoxy) is 1. The number of piperidine rings is 1. The monoisotopic (exact) mass is 552 g/mol. The highest BCUT2D eigenvalue weighted by atomic mass is 35.5. The Kier molecular flexibility index (Phi) is 5.46. The number of rotatable bonds is 5. The minimum absolute atomic E-state index is 0.0696. The smallest absolute Gasteiger partial charge is 0.234 e. The van der Waals surface area contributed by atoms with Gasteiger partial charge in [0, 0.05) is 51.9 Å². The summed E-state index contributed by atoms with van der Waals surface area (Å²) in [5.41, 5.74) is 2.95. The number of hydrogen-bond acceptors (Lipinski definition) is 6. The van der Waals surface area contributed by atoms with Gasteiger partial charge in [0.05, 0.1) is 53.4 Å². The van der Waals surface area contributed by atoms with Crippen LogP contribution in [0.3, 0.4) is 0 Å². The molecule has 0 spiro atoms. The maximum absolute atomic E-state index is 15.1. The van der Waals surface area contributed by atoms with E-state index in [9.17, 15) is 9.59 Å². The molecule has 7 rings (SSSR count). The Hall–Kier alpha value is -2.85. The van der Waals surface area contributed by atoms with E-state index in [2.05, 4.69) is 10.3 Å². The highest BCUT2D eigenvalue weighted by molar-refractivity contribution is 7.19. The molecule has 3 fully saturated rings. The van der Waals surface area contributed by atoms with Crippen LogP contribution in [0.15, 0.2) is 36.7 Å². The lowest BCUT2D eigenvalue weighted by Crippen LogP contribution is -2.40. The van der Waals surface area contributed by atoms with Gasteiger partial charge in [0.25, 0.3) is 0 Å². The number of halogens is 2. The van der Waals surface area contributed by atoms with Crippen LogP contribution in [0.25, 0.3) is 32.2 Å². The average molecular weight is 553 g/mol. The van der Waals surface area contributed by atoms with E-state index in [1.165, 1.54) is 22.4 Å². The molecule has 196 valence electrons. The first-order chi connectivity index (χ1) is 18.2. The minimum Gasteiger partial charge on any atom is -0.374 e. The van der Waals surface area contributed by atoms with Crippen LogP contribution in [0.5, 0.6) is 0 Å². The normalized spacial score (nSPS) is 24.5. The van der Waals surface area contributed by atoms with Gasteiger partial charge in [0.15, 0.2) is 0 Å². The maximum Gasteiger partial charge on any atom is 0.234 e. The lowest BCUT2D eigenvalue weighted by atomic mass is 10.0. The summed E-state index contributed by atoms with van der Waals surface area (Å²) < 4.78 is 23.8. The number of carbonyl (C=O) groups is 2. The summed E-state index contributed by atoms with van der Waals surface area (Å²) in [4.78, 5) is 32.6. The second-order valence-electron chi connectivity index (χ2n) is 11.0. The molecule has 3 aliphatic rings. The molecule has 10 heteroatoms. The maximum atomic E-state index is 15.1. The van der Waals surface area contributed by atoms with Crippen LogP contribution in [0, 0.1) is 23.1 Å². The van der Waals surface area contributed by atoms with Crippen LogP contribution < -0.4 is 5.32 Å². The molecule has 2 saturated heterocycles. The number of nitrogens with zero attached hydrogens (tertiary/aromatic N) is 3. The van der Waals surface area contributed by atoms with Gasteiger partial charge in [-0.3, -0.25) is 19.5 Å². The molecule has 4 aromatic rings. The SMILES string of the molecule is CC1(C)C2C(=O)N(Cc3cc4nccc(-c5cc(Cl)cc6c(F)cn(C[C@H]7CNCCO7)c56)c4s3)C(=O)C21. The van der Waals surface area contributed by atoms with Gasteiger partial charge in [-0.25, -0.2) is 4.39 Å². The highest BCUT2D eigenvalue weighted by Gasteiger charge is 2.72. The minimum atomic E-state index is -0.336. The molecule has 3 aromatic heterocycles. The second kappa shape index (κ2) is 8.58. The number of benzene rings is 1. The molecule has 2 aliphatic heterocycles. The highest BCUT2D eigenvalue weighted by Crippen LogP contribution is 2.63. The summed E-state index contributed by atoms with van der Waals surface area (Å²) in [6.45, 7) is 6.83. The number of pyridine rings is 1. The van der Waals surface area contributed by atoms with Gasteiger partial charge >= 0.3 is 0 Å². The average Bonchev–Trinajstić information content (AvgIpc) is 3.17. The molecule has 1 aliphatic carbocycles. The van der Waals surface area contributed by atoms with Crippen molar-refractivity contribution in [3.8, 4) is 11.1 Å². The van der Waals surface area contributed by atoms with Gasteiger partial charge in [-0.1, -0.05) is 25.4 Å². The number of likely N-dealkylation sites (tertiary alicyclic amines) is 1. The summed E-state index contributed by atoms with van der Waals surface area (Å²) in [7, 11) is 0. The fourth-order valence-corrected chi connectivity index (χ4v) is 7.61. The lowest BCUT2D eigenvalue weighted by Gasteiger charge is -2.24. The van der Waals surface area contributed by atoms with Crippen LogP contribution in [0.1, 0.15) is 18.7 Å². The molecule has 1 N–H and O–H groups in total. The van der Waals surface area contributed by atoms with E-state index in [0.29, 0.717) is 30.1 Å². The molecular formula is C28H26ClFN4O3S. The molecule has 0 radical (unpaired) electrons. The van der Waals surface area contributed by atoms with Crippen LogP contribution in [-0.2, 0) is 27.4 Å². The van der Waals surface area contributed by atoms with Crippen molar-refractivity contribution < 1.29 is 18.7 Å². The summed E-state index contributed by atoms with van der Waals surface area (Å²) in [5.74, 6) is -0.912. The topological polar surface area (TPSA) is 76.5 Å². The fraction of sp³-hybridized carbons (Fsp3) is 0.393. The van der Waals surface area contributed by atoms with Crippen LogP contribution >= 0.6 is 22.9 Å². The third kappa shape index (κ3) is 3.63. The molecule has 3 atom stereocenters. The Morgan fingerprint density at radius 2 is 2.00 bits per heavy atom. The van der Waals surface area contributed by atoms with E-state index in [1.54, 1.807) is 12.3 Å². The predicted molar refractivity (Wildman–Crippen MR) is 144 cm³/mol. The molecule has 2 unspecified atom stereocenters. The van der Waals surface area contributed by atoms with E-state index >= 15 is 4.39 Å². The Morgan fingerprint density at radius 3 is 2.74 bits per heavy atom. The van der Waals surface area contributed by atoms with Crippen molar-refractivity contribution in [1.29, 1.82) is 0 Å². The van der Waals surface area contributed by atoms with Crippen molar-refractivity contribution >= 4 is 55.9 Å². The Labute approximate surface area is 227 Å². The first-order valence-corrected chi connectivity index (χ1v) is 14.0. The van der Waals surface area contributed by atoms with E-state index in [1.807, 2.05) is 36.6 Å². The van der Waals surface area contributed by atoms with Gasteiger partial charge in [-0.05, 0) is 29.7 Å². The quantitative estimate of drug-likeness (QED) is 0.359. The van der Waals surface area contributed by atoms with Gasteiger partial charge in [0.2, 0.25) is 11.8 Å². The van der Waals surface area contributed by atoms with Crippen molar-refractivity contribution in [2.24, 2.45) is 17.3 Å². The largest absolute Gasteiger partial charge is 0.374 e. The van der Waals surface area contributed by atoms with E-state index in [-0.39, 0.29) is 47.5 Å². The Balaban J connectivity index is 1.29. The Bertz CT molecular complexity index is 1620. The summed E-state index contributed by atoms with van der Waals surface area (Å²) in [5, 5.41) is 4.22. The first kappa shape index (κ1) is 24.2. The molecule has 1 saturated carbocycles. The Morgan fingerprint density at radius 1 is 1.21 bits per heavy atom.